The molecule has 2 atom stereocenters. The van der Waals surface area contributed by atoms with Gasteiger partial charge >= 0.3 is 0 Å². The van der Waals surface area contributed by atoms with E-state index in [9.17, 15) is 14.6 Å². The van der Waals surface area contributed by atoms with Crippen molar-refractivity contribution in [3.05, 3.63) is 35.1 Å². The average Bonchev–Trinajstić information content (AvgIpc) is 2.28. The van der Waals surface area contributed by atoms with Crippen molar-refractivity contribution in [1.82, 2.24) is 0 Å². The van der Waals surface area contributed by atoms with Crippen LogP contribution in [0.25, 0.3) is 0 Å². The van der Waals surface area contributed by atoms with Gasteiger partial charge in [-0.3, -0.25) is 0 Å². The molecule has 1 aromatic carbocycles. The number of halogens is 2. The van der Waals surface area contributed by atoms with E-state index in [0.717, 1.165) is 6.07 Å². The zero-order valence-corrected chi connectivity index (χ0v) is 10.2. The van der Waals surface area contributed by atoms with Crippen LogP contribution < -0.4 is 0 Å². The first-order valence-corrected chi connectivity index (χ1v) is 6.03. The van der Waals surface area contributed by atoms with E-state index in [2.05, 4.69) is 15.9 Å². The molecule has 3 N–H and O–H groups in total. The van der Waals surface area contributed by atoms with Crippen LogP contribution in [0.1, 0.15) is 23.7 Å². The molecule has 1 aromatic rings. The van der Waals surface area contributed by atoms with E-state index < -0.39 is 18.0 Å². The van der Waals surface area contributed by atoms with Crippen LogP contribution in [0.15, 0.2) is 18.2 Å². The molecule has 1 rings (SSSR count). The van der Waals surface area contributed by atoms with Crippen molar-refractivity contribution in [3.63, 3.8) is 0 Å². The van der Waals surface area contributed by atoms with Gasteiger partial charge in [-0.25, -0.2) is 4.39 Å². The Morgan fingerprint density at radius 3 is 2.56 bits per heavy atom. The fourth-order valence-corrected chi connectivity index (χ4v) is 1.95. The fraction of sp³-hybridized carbons (Fsp3) is 0.455. The summed E-state index contributed by atoms with van der Waals surface area (Å²) in [6.07, 6.45) is -1.67. The second-order valence-electron chi connectivity index (χ2n) is 3.49. The molecule has 0 amide bonds. The second kappa shape index (κ2) is 6.30. The number of aliphatic hydroxyl groups excluding tert-OH is 3. The lowest BCUT2D eigenvalue weighted by Gasteiger charge is -2.19. The Balaban J connectivity index is 2.93. The minimum atomic E-state index is -1.11. The maximum atomic E-state index is 12.9. The van der Waals surface area contributed by atoms with E-state index in [1.165, 1.54) is 12.1 Å². The Kier molecular flexibility index (Phi) is 5.34. The summed E-state index contributed by atoms with van der Waals surface area (Å²) in [6, 6.07) is 3.72. The molecule has 0 aromatic heterocycles. The van der Waals surface area contributed by atoms with Gasteiger partial charge in [-0.15, -0.1) is 0 Å². The molecule has 0 aliphatic carbocycles. The van der Waals surface area contributed by atoms with Crippen LogP contribution in [-0.2, 0) is 6.61 Å². The SMILES string of the molecule is OCc1cc(F)ccc1C(O)C(O)CCBr. The summed E-state index contributed by atoms with van der Waals surface area (Å²) in [5.74, 6) is -0.477. The van der Waals surface area contributed by atoms with Crippen molar-refractivity contribution < 1.29 is 19.7 Å². The first kappa shape index (κ1) is 13.6. The molecule has 0 radical (unpaired) electrons. The highest BCUT2D eigenvalue weighted by Gasteiger charge is 2.20. The third-order valence-electron chi connectivity index (χ3n) is 2.36. The van der Waals surface area contributed by atoms with E-state index in [-0.39, 0.29) is 6.61 Å². The van der Waals surface area contributed by atoms with Gasteiger partial charge in [0.25, 0.3) is 0 Å². The zero-order valence-electron chi connectivity index (χ0n) is 8.61. The van der Waals surface area contributed by atoms with Crippen LogP contribution in [0.4, 0.5) is 4.39 Å². The van der Waals surface area contributed by atoms with E-state index in [1.54, 1.807) is 0 Å². The minimum absolute atomic E-state index is 0.293. The van der Waals surface area contributed by atoms with Crippen molar-refractivity contribution in [2.24, 2.45) is 0 Å². The maximum absolute atomic E-state index is 12.9. The topological polar surface area (TPSA) is 60.7 Å². The third kappa shape index (κ3) is 3.25. The smallest absolute Gasteiger partial charge is 0.123 e. The molecule has 0 bridgehead atoms. The molecule has 0 spiro atoms. The highest BCUT2D eigenvalue weighted by atomic mass is 79.9. The predicted molar refractivity (Wildman–Crippen MR) is 61.7 cm³/mol. The van der Waals surface area contributed by atoms with Crippen molar-refractivity contribution in [2.75, 3.05) is 5.33 Å². The molecule has 0 aliphatic heterocycles. The summed E-state index contributed by atoms with van der Waals surface area (Å²) in [5.41, 5.74) is 0.651. The zero-order chi connectivity index (χ0) is 12.1. The van der Waals surface area contributed by atoms with Gasteiger partial charge in [0, 0.05) is 5.33 Å². The summed E-state index contributed by atoms with van der Waals surface area (Å²) in [4.78, 5) is 0. The van der Waals surface area contributed by atoms with Gasteiger partial charge in [-0.2, -0.15) is 0 Å². The van der Waals surface area contributed by atoms with Crippen LogP contribution in [0.2, 0.25) is 0 Å². The van der Waals surface area contributed by atoms with Gasteiger partial charge in [-0.05, 0) is 29.7 Å². The van der Waals surface area contributed by atoms with Crippen LogP contribution in [-0.4, -0.2) is 26.8 Å². The monoisotopic (exact) mass is 292 g/mol. The summed E-state index contributed by atoms with van der Waals surface area (Å²) < 4.78 is 12.9. The van der Waals surface area contributed by atoms with E-state index in [4.69, 9.17) is 5.11 Å². The number of alkyl halides is 1. The Hall–Kier alpha value is -0.490. The molecule has 2 unspecified atom stereocenters. The van der Waals surface area contributed by atoms with Crippen molar-refractivity contribution in [1.29, 1.82) is 0 Å². The number of rotatable bonds is 5. The first-order chi connectivity index (χ1) is 7.60. The van der Waals surface area contributed by atoms with Crippen LogP contribution in [0.3, 0.4) is 0 Å². The normalized spacial score (nSPS) is 14.8. The Labute approximate surface area is 102 Å². The number of benzene rings is 1. The summed E-state index contributed by atoms with van der Waals surface area (Å²) in [6.45, 7) is -0.370. The second-order valence-corrected chi connectivity index (χ2v) is 4.28. The molecule has 0 aliphatic rings. The van der Waals surface area contributed by atoms with Gasteiger partial charge in [0.05, 0.1) is 12.7 Å². The fourth-order valence-electron chi connectivity index (χ4n) is 1.48. The molecular weight excluding hydrogens is 279 g/mol. The quantitative estimate of drug-likeness (QED) is 0.721. The summed E-state index contributed by atoms with van der Waals surface area (Å²) in [7, 11) is 0. The first-order valence-electron chi connectivity index (χ1n) is 4.91. The van der Waals surface area contributed by atoms with Crippen LogP contribution >= 0.6 is 15.9 Å². The van der Waals surface area contributed by atoms with E-state index in [0.29, 0.717) is 22.9 Å². The summed E-state index contributed by atoms with van der Waals surface area (Å²) in [5, 5.41) is 29.0. The molecule has 90 valence electrons. The van der Waals surface area contributed by atoms with Gasteiger partial charge < -0.3 is 15.3 Å². The Morgan fingerprint density at radius 2 is 2.00 bits per heavy atom. The largest absolute Gasteiger partial charge is 0.392 e. The van der Waals surface area contributed by atoms with Gasteiger partial charge in [-0.1, -0.05) is 22.0 Å². The van der Waals surface area contributed by atoms with Gasteiger partial charge in [0.1, 0.15) is 11.9 Å². The number of aliphatic hydroxyl groups is 3. The Morgan fingerprint density at radius 1 is 1.31 bits per heavy atom. The highest BCUT2D eigenvalue weighted by Crippen LogP contribution is 2.24. The minimum Gasteiger partial charge on any atom is -0.392 e. The molecule has 0 heterocycles. The van der Waals surface area contributed by atoms with Crippen molar-refractivity contribution in [2.45, 2.75) is 25.2 Å². The van der Waals surface area contributed by atoms with Crippen LogP contribution in [0.5, 0.6) is 0 Å². The third-order valence-corrected chi connectivity index (χ3v) is 2.82. The number of hydrogen-bond acceptors (Lipinski definition) is 3. The highest BCUT2D eigenvalue weighted by molar-refractivity contribution is 9.09. The molecule has 0 fully saturated rings. The van der Waals surface area contributed by atoms with Gasteiger partial charge in [0.2, 0.25) is 0 Å². The molecule has 0 saturated carbocycles. The average molecular weight is 293 g/mol. The molecule has 5 heteroatoms. The Bertz CT molecular complexity index is 346. The lowest BCUT2D eigenvalue weighted by Crippen LogP contribution is -2.20. The molecule has 3 nitrogen and oxygen atoms in total. The van der Waals surface area contributed by atoms with Crippen LogP contribution in [0, 0.1) is 5.82 Å². The standard InChI is InChI=1S/C11H14BrFO3/c12-4-3-10(15)11(16)9-2-1-8(13)5-7(9)6-14/h1-2,5,10-11,14-16H,3-4,6H2. The van der Waals surface area contributed by atoms with E-state index in [1.807, 2.05) is 0 Å². The molecule has 0 saturated heterocycles. The molecule has 16 heavy (non-hydrogen) atoms. The maximum Gasteiger partial charge on any atom is 0.123 e. The van der Waals surface area contributed by atoms with Crippen molar-refractivity contribution >= 4 is 15.9 Å². The van der Waals surface area contributed by atoms with E-state index >= 15 is 0 Å². The molecular formula is C11H14BrFO3. The van der Waals surface area contributed by atoms with Gasteiger partial charge in [0.15, 0.2) is 0 Å². The summed E-state index contributed by atoms with van der Waals surface area (Å²) >= 11 is 3.16. The van der Waals surface area contributed by atoms with Crippen molar-refractivity contribution in [3.8, 4) is 0 Å². The number of hydrogen-bond donors (Lipinski definition) is 3. The predicted octanol–water partition coefficient (Wildman–Crippen LogP) is 1.50. The lowest BCUT2D eigenvalue weighted by atomic mass is 9.97. The lowest BCUT2D eigenvalue weighted by molar-refractivity contribution is 0.0162.